The van der Waals surface area contributed by atoms with Crippen LogP contribution in [0.3, 0.4) is 0 Å². The van der Waals surface area contributed by atoms with Crippen LogP contribution in [0.1, 0.15) is 10.4 Å². The Labute approximate surface area is 126 Å². The van der Waals surface area contributed by atoms with Crippen molar-refractivity contribution >= 4 is 5.97 Å². The third-order valence-corrected chi connectivity index (χ3v) is 3.04. The van der Waals surface area contributed by atoms with E-state index in [1.807, 2.05) is 24.3 Å². The Kier molecular flexibility index (Phi) is 3.78. The average molecular weight is 292 g/mol. The summed E-state index contributed by atoms with van der Waals surface area (Å²) in [4.78, 5) is 10.9. The first-order valence-corrected chi connectivity index (χ1v) is 6.62. The molecule has 5 heteroatoms. The fourth-order valence-electron chi connectivity index (χ4n) is 1.98. The number of benzene rings is 2. The van der Waals surface area contributed by atoms with Gasteiger partial charge in [-0.1, -0.05) is 6.07 Å². The lowest BCUT2D eigenvalue weighted by Crippen LogP contribution is -1.96. The van der Waals surface area contributed by atoms with E-state index in [-0.39, 0.29) is 5.56 Å². The molecular weight excluding hydrogens is 280 g/mol. The van der Waals surface area contributed by atoms with Crippen molar-refractivity contribution in [3.63, 3.8) is 0 Å². The van der Waals surface area contributed by atoms with Crippen molar-refractivity contribution in [2.45, 2.75) is 0 Å². The number of rotatable bonds is 4. The van der Waals surface area contributed by atoms with Crippen LogP contribution in [0.25, 0.3) is 11.3 Å². The molecule has 0 aliphatic carbocycles. The monoisotopic (exact) mass is 292 g/mol. The third kappa shape index (κ3) is 3.09. The van der Waals surface area contributed by atoms with Gasteiger partial charge in [0.2, 0.25) is 0 Å². The van der Waals surface area contributed by atoms with Crippen molar-refractivity contribution in [1.29, 1.82) is 0 Å². The fourth-order valence-corrected chi connectivity index (χ4v) is 1.98. The Morgan fingerprint density at radius 3 is 2.45 bits per heavy atom. The smallest absolute Gasteiger partial charge is 0.335 e. The van der Waals surface area contributed by atoms with Gasteiger partial charge in [-0.15, -0.1) is 0 Å². The SMILES string of the molecule is O=C(O)c1cccc(Oc2ccc(-c3cccnn3)cc2)c1. The Morgan fingerprint density at radius 2 is 1.77 bits per heavy atom. The molecule has 1 aromatic heterocycles. The number of aromatic carboxylic acids is 1. The number of nitrogens with zero attached hydrogens (tertiary/aromatic N) is 2. The molecule has 0 unspecified atom stereocenters. The zero-order valence-electron chi connectivity index (χ0n) is 11.5. The van der Waals surface area contributed by atoms with Crippen LogP contribution in [0.2, 0.25) is 0 Å². The zero-order chi connectivity index (χ0) is 15.4. The number of hydrogen-bond acceptors (Lipinski definition) is 4. The number of carboxylic acids is 1. The van der Waals surface area contributed by atoms with Gasteiger partial charge in [-0.05, 0) is 54.6 Å². The lowest BCUT2D eigenvalue weighted by Gasteiger charge is -2.07. The molecule has 0 saturated heterocycles. The molecule has 3 aromatic rings. The summed E-state index contributed by atoms with van der Waals surface area (Å²) in [7, 11) is 0. The van der Waals surface area contributed by atoms with Crippen molar-refractivity contribution in [1.82, 2.24) is 10.2 Å². The molecule has 0 radical (unpaired) electrons. The molecule has 1 heterocycles. The maximum atomic E-state index is 10.9. The van der Waals surface area contributed by atoms with Crippen LogP contribution in [0.5, 0.6) is 11.5 Å². The highest BCUT2D eigenvalue weighted by Gasteiger charge is 2.05. The molecule has 5 nitrogen and oxygen atoms in total. The molecule has 1 N–H and O–H groups in total. The Morgan fingerprint density at radius 1 is 0.955 bits per heavy atom. The predicted molar refractivity (Wildman–Crippen MR) is 80.9 cm³/mol. The van der Waals surface area contributed by atoms with Gasteiger partial charge < -0.3 is 9.84 Å². The van der Waals surface area contributed by atoms with E-state index in [1.165, 1.54) is 12.1 Å². The average Bonchev–Trinajstić information content (AvgIpc) is 2.56. The third-order valence-electron chi connectivity index (χ3n) is 3.04. The Bertz CT molecular complexity index is 787. The molecule has 0 saturated carbocycles. The maximum absolute atomic E-state index is 10.9. The van der Waals surface area contributed by atoms with E-state index >= 15 is 0 Å². The molecule has 0 fully saturated rings. The molecule has 0 aliphatic heterocycles. The van der Waals surface area contributed by atoms with E-state index in [1.54, 1.807) is 30.5 Å². The highest BCUT2D eigenvalue weighted by molar-refractivity contribution is 5.88. The normalized spacial score (nSPS) is 10.2. The van der Waals surface area contributed by atoms with Crippen LogP contribution < -0.4 is 4.74 Å². The molecular formula is C17H12N2O3. The summed E-state index contributed by atoms with van der Waals surface area (Å²) in [5.41, 5.74) is 1.90. The minimum Gasteiger partial charge on any atom is -0.478 e. The molecule has 0 spiro atoms. The number of carboxylic acid groups (broad SMARTS) is 1. The predicted octanol–water partition coefficient (Wildman–Crippen LogP) is 3.63. The summed E-state index contributed by atoms with van der Waals surface area (Å²) >= 11 is 0. The first-order chi connectivity index (χ1) is 10.7. The van der Waals surface area contributed by atoms with Crippen molar-refractivity contribution < 1.29 is 14.6 Å². The van der Waals surface area contributed by atoms with E-state index in [4.69, 9.17) is 9.84 Å². The highest BCUT2D eigenvalue weighted by Crippen LogP contribution is 2.25. The van der Waals surface area contributed by atoms with Crippen LogP contribution in [-0.4, -0.2) is 21.3 Å². The largest absolute Gasteiger partial charge is 0.478 e. The first kappa shape index (κ1) is 13.8. The summed E-state index contributed by atoms with van der Waals surface area (Å²) in [6, 6.07) is 17.4. The van der Waals surface area contributed by atoms with E-state index in [0.29, 0.717) is 11.5 Å². The van der Waals surface area contributed by atoms with Crippen LogP contribution in [0.15, 0.2) is 66.9 Å². The summed E-state index contributed by atoms with van der Waals surface area (Å²) < 4.78 is 5.66. The minimum absolute atomic E-state index is 0.189. The lowest BCUT2D eigenvalue weighted by molar-refractivity contribution is 0.0696. The van der Waals surface area contributed by atoms with Gasteiger partial charge in [0.25, 0.3) is 0 Å². The summed E-state index contributed by atoms with van der Waals surface area (Å²) in [5.74, 6) is 0.116. The Hall–Kier alpha value is -3.21. The van der Waals surface area contributed by atoms with Gasteiger partial charge in [-0.2, -0.15) is 10.2 Å². The molecule has 0 aliphatic rings. The summed E-state index contributed by atoms with van der Waals surface area (Å²) in [5, 5.41) is 16.8. The van der Waals surface area contributed by atoms with Gasteiger partial charge in [0.15, 0.2) is 0 Å². The maximum Gasteiger partial charge on any atom is 0.335 e. The topological polar surface area (TPSA) is 72.3 Å². The molecule has 3 rings (SSSR count). The lowest BCUT2D eigenvalue weighted by atomic mass is 10.1. The highest BCUT2D eigenvalue weighted by atomic mass is 16.5. The molecule has 0 amide bonds. The van der Waals surface area contributed by atoms with Crippen molar-refractivity contribution in [3.05, 3.63) is 72.4 Å². The van der Waals surface area contributed by atoms with E-state index < -0.39 is 5.97 Å². The number of hydrogen-bond donors (Lipinski definition) is 1. The molecule has 2 aromatic carbocycles. The number of carbonyl (C=O) groups is 1. The van der Waals surface area contributed by atoms with Gasteiger partial charge in [0.05, 0.1) is 11.3 Å². The second-order valence-electron chi connectivity index (χ2n) is 4.57. The molecule has 0 atom stereocenters. The zero-order valence-corrected chi connectivity index (χ0v) is 11.5. The number of ether oxygens (including phenoxy) is 1. The van der Waals surface area contributed by atoms with Gasteiger partial charge in [0, 0.05) is 11.8 Å². The van der Waals surface area contributed by atoms with Crippen LogP contribution in [-0.2, 0) is 0 Å². The van der Waals surface area contributed by atoms with E-state index in [9.17, 15) is 4.79 Å². The van der Waals surface area contributed by atoms with Crippen LogP contribution in [0.4, 0.5) is 0 Å². The quantitative estimate of drug-likeness (QED) is 0.795. The van der Waals surface area contributed by atoms with Crippen molar-refractivity contribution in [2.24, 2.45) is 0 Å². The van der Waals surface area contributed by atoms with Gasteiger partial charge in [0.1, 0.15) is 11.5 Å². The molecule has 0 bridgehead atoms. The Balaban J connectivity index is 1.79. The van der Waals surface area contributed by atoms with Crippen molar-refractivity contribution in [2.75, 3.05) is 0 Å². The van der Waals surface area contributed by atoms with E-state index in [2.05, 4.69) is 10.2 Å². The molecule has 108 valence electrons. The van der Waals surface area contributed by atoms with Gasteiger partial charge in [-0.25, -0.2) is 4.79 Å². The van der Waals surface area contributed by atoms with Crippen LogP contribution in [0, 0.1) is 0 Å². The molecule has 22 heavy (non-hydrogen) atoms. The van der Waals surface area contributed by atoms with E-state index in [0.717, 1.165) is 11.3 Å². The second-order valence-corrected chi connectivity index (χ2v) is 4.57. The standard InChI is InChI=1S/C17H12N2O3/c20-17(21)13-3-1-4-15(11-13)22-14-8-6-12(7-9-14)16-5-2-10-18-19-16/h1-11H,(H,20,21). The van der Waals surface area contributed by atoms with Gasteiger partial charge in [-0.3, -0.25) is 0 Å². The fraction of sp³-hybridized carbons (Fsp3) is 0. The van der Waals surface area contributed by atoms with Crippen molar-refractivity contribution in [3.8, 4) is 22.8 Å². The van der Waals surface area contributed by atoms with Gasteiger partial charge >= 0.3 is 5.97 Å². The summed E-state index contributed by atoms with van der Waals surface area (Å²) in [6.45, 7) is 0. The first-order valence-electron chi connectivity index (χ1n) is 6.62. The minimum atomic E-state index is -0.983. The van der Waals surface area contributed by atoms with Crippen LogP contribution >= 0.6 is 0 Å². The number of aromatic nitrogens is 2. The second kappa shape index (κ2) is 6.05. The summed E-state index contributed by atoms with van der Waals surface area (Å²) in [6.07, 6.45) is 1.62.